The molecule has 0 heterocycles. The van der Waals surface area contributed by atoms with Gasteiger partial charge in [0.2, 0.25) is 0 Å². The maximum atomic E-state index is 13.4. The zero-order valence-electron chi connectivity index (χ0n) is 12.2. The monoisotopic (exact) mass is 294 g/mol. The fourth-order valence-electron chi connectivity index (χ4n) is 2.62. The van der Waals surface area contributed by atoms with Crippen molar-refractivity contribution in [3.8, 4) is 11.1 Å². The van der Waals surface area contributed by atoms with Crippen LogP contribution in [0, 0.1) is 11.6 Å². The molecule has 110 valence electrons. The van der Waals surface area contributed by atoms with Crippen LogP contribution in [0.1, 0.15) is 12.0 Å². The average Bonchev–Trinajstić information content (AvgIpc) is 2.51. The second-order valence-electron chi connectivity index (χ2n) is 5.38. The van der Waals surface area contributed by atoms with Crippen LogP contribution in [0.2, 0.25) is 0 Å². The van der Waals surface area contributed by atoms with Gasteiger partial charge in [0, 0.05) is 6.07 Å². The minimum absolute atomic E-state index is 0.551. The van der Waals surface area contributed by atoms with E-state index in [9.17, 15) is 8.78 Å². The first-order valence-electron chi connectivity index (χ1n) is 7.26. The van der Waals surface area contributed by atoms with Crippen molar-refractivity contribution in [2.45, 2.75) is 12.8 Å². The molecular formula is C20H16F2. The molecule has 2 heteroatoms. The molecule has 0 aliphatic heterocycles. The van der Waals surface area contributed by atoms with Gasteiger partial charge in [-0.1, -0.05) is 36.4 Å². The second-order valence-corrected chi connectivity index (χ2v) is 5.38. The Morgan fingerprint density at radius 2 is 1.45 bits per heavy atom. The SMILES string of the molecule is C=CCCc1ccc2cc(-c3cc(F)cc(F)c3)ccc2c1. The Bertz CT molecular complexity index is 814. The van der Waals surface area contributed by atoms with Crippen molar-refractivity contribution in [3.05, 3.63) is 84.5 Å². The van der Waals surface area contributed by atoms with Crippen LogP contribution in [0.15, 0.2) is 67.3 Å². The molecule has 0 saturated carbocycles. The highest BCUT2D eigenvalue weighted by molar-refractivity contribution is 5.87. The molecule has 0 unspecified atom stereocenters. The van der Waals surface area contributed by atoms with E-state index < -0.39 is 11.6 Å². The summed E-state index contributed by atoms with van der Waals surface area (Å²) in [4.78, 5) is 0. The van der Waals surface area contributed by atoms with Gasteiger partial charge in [-0.3, -0.25) is 0 Å². The Morgan fingerprint density at radius 3 is 2.18 bits per heavy atom. The van der Waals surface area contributed by atoms with Crippen LogP contribution in [0.5, 0.6) is 0 Å². The lowest BCUT2D eigenvalue weighted by molar-refractivity contribution is 0.584. The van der Waals surface area contributed by atoms with E-state index in [1.165, 1.54) is 17.7 Å². The van der Waals surface area contributed by atoms with E-state index >= 15 is 0 Å². The van der Waals surface area contributed by atoms with E-state index in [-0.39, 0.29) is 0 Å². The van der Waals surface area contributed by atoms with E-state index in [4.69, 9.17) is 0 Å². The Morgan fingerprint density at radius 1 is 0.773 bits per heavy atom. The minimum Gasteiger partial charge on any atom is -0.207 e. The molecule has 0 aliphatic carbocycles. The van der Waals surface area contributed by atoms with Gasteiger partial charge >= 0.3 is 0 Å². The van der Waals surface area contributed by atoms with E-state index in [2.05, 4.69) is 18.7 Å². The van der Waals surface area contributed by atoms with E-state index in [1.54, 1.807) is 0 Å². The fourth-order valence-corrected chi connectivity index (χ4v) is 2.62. The zero-order valence-corrected chi connectivity index (χ0v) is 12.2. The third kappa shape index (κ3) is 3.06. The molecule has 3 aromatic rings. The van der Waals surface area contributed by atoms with Crippen LogP contribution in [0.3, 0.4) is 0 Å². The highest BCUT2D eigenvalue weighted by Crippen LogP contribution is 2.26. The third-order valence-corrected chi connectivity index (χ3v) is 3.74. The highest BCUT2D eigenvalue weighted by Gasteiger charge is 2.05. The number of fused-ring (bicyclic) bond motifs is 1. The quantitative estimate of drug-likeness (QED) is 0.525. The number of allylic oxidation sites excluding steroid dienone is 1. The number of hydrogen-bond donors (Lipinski definition) is 0. The lowest BCUT2D eigenvalue weighted by atomic mass is 9.99. The molecule has 3 rings (SSSR count). The largest absolute Gasteiger partial charge is 0.207 e. The summed E-state index contributed by atoms with van der Waals surface area (Å²) in [6.45, 7) is 3.74. The number of benzene rings is 3. The van der Waals surface area contributed by atoms with Gasteiger partial charge in [-0.15, -0.1) is 6.58 Å². The summed E-state index contributed by atoms with van der Waals surface area (Å²) in [5, 5.41) is 2.19. The Balaban J connectivity index is 2.01. The maximum absolute atomic E-state index is 13.4. The molecule has 0 spiro atoms. The van der Waals surface area contributed by atoms with Crippen molar-refractivity contribution in [3.63, 3.8) is 0 Å². The predicted molar refractivity (Wildman–Crippen MR) is 87.8 cm³/mol. The van der Waals surface area contributed by atoms with Gasteiger partial charge in [0.25, 0.3) is 0 Å². The first kappa shape index (κ1) is 14.5. The Kier molecular flexibility index (Phi) is 4.01. The predicted octanol–water partition coefficient (Wildman–Crippen LogP) is 5.90. The van der Waals surface area contributed by atoms with Crippen LogP contribution >= 0.6 is 0 Å². The van der Waals surface area contributed by atoms with Crippen molar-refractivity contribution >= 4 is 10.8 Å². The molecule has 0 radical (unpaired) electrons. The van der Waals surface area contributed by atoms with Crippen LogP contribution in [0.25, 0.3) is 21.9 Å². The Hall–Kier alpha value is -2.48. The van der Waals surface area contributed by atoms with Crippen LogP contribution in [-0.2, 0) is 6.42 Å². The summed E-state index contributed by atoms with van der Waals surface area (Å²) in [6.07, 6.45) is 3.83. The van der Waals surface area contributed by atoms with E-state index in [0.717, 1.165) is 35.2 Å². The van der Waals surface area contributed by atoms with Crippen LogP contribution in [0.4, 0.5) is 8.78 Å². The molecule has 0 saturated heterocycles. The molecule has 0 amide bonds. The van der Waals surface area contributed by atoms with Gasteiger partial charge in [-0.2, -0.15) is 0 Å². The Labute approximate surface area is 128 Å². The van der Waals surface area contributed by atoms with Gasteiger partial charge in [-0.05, 0) is 58.5 Å². The van der Waals surface area contributed by atoms with Gasteiger partial charge in [0.15, 0.2) is 0 Å². The molecule has 0 aliphatic rings. The minimum atomic E-state index is -0.560. The molecule has 0 fully saturated rings. The third-order valence-electron chi connectivity index (χ3n) is 3.74. The van der Waals surface area contributed by atoms with Gasteiger partial charge < -0.3 is 0 Å². The van der Waals surface area contributed by atoms with Crippen LogP contribution < -0.4 is 0 Å². The average molecular weight is 294 g/mol. The number of aryl methyl sites for hydroxylation is 1. The lowest BCUT2D eigenvalue weighted by Crippen LogP contribution is -1.86. The van der Waals surface area contributed by atoms with Crippen molar-refractivity contribution in [2.75, 3.05) is 0 Å². The lowest BCUT2D eigenvalue weighted by Gasteiger charge is -2.07. The molecule has 3 aromatic carbocycles. The summed E-state index contributed by atoms with van der Waals surface area (Å²) in [5.74, 6) is -1.12. The zero-order chi connectivity index (χ0) is 15.5. The summed E-state index contributed by atoms with van der Waals surface area (Å²) in [7, 11) is 0. The first-order chi connectivity index (χ1) is 10.7. The number of halogens is 2. The molecule has 0 nitrogen and oxygen atoms in total. The van der Waals surface area contributed by atoms with Gasteiger partial charge in [0.1, 0.15) is 11.6 Å². The van der Waals surface area contributed by atoms with E-state index in [1.807, 2.05) is 30.3 Å². The molecule has 0 N–H and O–H groups in total. The smallest absolute Gasteiger partial charge is 0.126 e. The second kappa shape index (κ2) is 6.10. The normalized spacial score (nSPS) is 10.8. The molecular weight excluding hydrogens is 278 g/mol. The summed E-state index contributed by atoms with van der Waals surface area (Å²) in [5.41, 5.74) is 2.62. The summed E-state index contributed by atoms with van der Waals surface area (Å²) >= 11 is 0. The fraction of sp³-hybridized carbons (Fsp3) is 0.100. The van der Waals surface area contributed by atoms with Crippen LogP contribution in [-0.4, -0.2) is 0 Å². The molecule has 0 bridgehead atoms. The topological polar surface area (TPSA) is 0 Å². The summed E-state index contributed by atoms with van der Waals surface area (Å²) in [6, 6.07) is 15.7. The van der Waals surface area contributed by atoms with Gasteiger partial charge in [-0.25, -0.2) is 8.78 Å². The van der Waals surface area contributed by atoms with Crippen molar-refractivity contribution < 1.29 is 8.78 Å². The van der Waals surface area contributed by atoms with Crippen molar-refractivity contribution in [1.29, 1.82) is 0 Å². The first-order valence-corrected chi connectivity index (χ1v) is 7.26. The van der Waals surface area contributed by atoms with Gasteiger partial charge in [0.05, 0.1) is 0 Å². The van der Waals surface area contributed by atoms with E-state index in [0.29, 0.717) is 5.56 Å². The van der Waals surface area contributed by atoms with Crippen molar-refractivity contribution in [2.24, 2.45) is 0 Å². The molecule has 22 heavy (non-hydrogen) atoms. The highest BCUT2D eigenvalue weighted by atomic mass is 19.1. The molecule has 0 aromatic heterocycles. The summed E-state index contributed by atoms with van der Waals surface area (Å²) < 4.78 is 26.7. The number of hydrogen-bond acceptors (Lipinski definition) is 0. The number of rotatable bonds is 4. The van der Waals surface area contributed by atoms with Crippen molar-refractivity contribution in [1.82, 2.24) is 0 Å². The molecule has 0 atom stereocenters. The standard InChI is InChI=1S/C20H16F2/c1-2-3-4-14-5-6-16-10-17(8-7-15(16)9-14)18-11-19(21)13-20(22)12-18/h2,5-13H,1,3-4H2. The maximum Gasteiger partial charge on any atom is 0.126 e.